The number of carbonyl (C=O) groups excluding carboxylic acids is 1. The third-order valence-electron chi connectivity index (χ3n) is 1.85. The van der Waals surface area contributed by atoms with E-state index >= 15 is 0 Å². The van der Waals surface area contributed by atoms with Crippen LogP contribution in [0.4, 0.5) is 10.6 Å². The Morgan fingerprint density at radius 3 is 2.82 bits per heavy atom. The lowest BCUT2D eigenvalue weighted by atomic mass is 10.5. The van der Waals surface area contributed by atoms with Gasteiger partial charge in [0.25, 0.3) is 10.0 Å². The monoisotopic (exact) mass is 258 g/mol. The van der Waals surface area contributed by atoms with Gasteiger partial charge in [0.15, 0.2) is 0 Å². The summed E-state index contributed by atoms with van der Waals surface area (Å²) < 4.78 is 25.3. The number of aromatic nitrogens is 1. The molecule has 0 spiro atoms. The molecule has 0 aliphatic rings. The lowest BCUT2D eigenvalue weighted by molar-refractivity contribution is 0.246. The van der Waals surface area contributed by atoms with Crippen LogP contribution in [-0.2, 0) is 10.0 Å². The zero-order valence-electron chi connectivity index (χ0n) is 9.30. The number of nitrogens with zero attached hydrogens (tertiary/aromatic N) is 1. The molecule has 17 heavy (non-hydrogen) atoms. The van der Waals surface area contributed by atoms with E-state index in [1.54, 1.807) is 0 Å². The number of nitrogen functional groups attached to an aromatic ring is 1. The maximum Gasteiger partial charge on any atom is 0.328 e. The van der Waals surface area contributed by atoms with Crippen molar-refractivity contribution in [3.8, 4) is 0 Å². The van der Waals surface area contributed by atoms with Crippen LogP contribution in [0.1, 0.15) is 13.3 Å². The molecule has 0 saturated carbocycles. The van der Waals surface area contributed by atoms with Crippen molar-refractivity contribution in [2.24, 2.45) is 0 Å². The predicted octanol–water partition coefficient (Wildman–Crippen LogP) is 0.0617. The van der Waals surface area contributed by atoms with Gasteiger partial charge in [-0.2, -0.15) is 0 Å². The van der Waals surface area contributed by atoms with Gasteiger partial charge in [-0.3, -0.25) is 0 Å². The molecule has 0 unspecified atom stereocenters. The highest BCUT2D eigenvalue weighted by Gasteiger charge is 2.20. The average molecular weight is 258 g/mol. The second-order valence-electron chi connectivity index (χ2n) is 3.25. The van der Waals surface area contributed by atoms with Crippen molar-refractivity contribution in [2.75, 3.05) is 12.3 Å². The van der Waals surface area contributed by atoms with Gasteiger partial charge in [-0.1, -0.05) is 6.92 Å². The molecule has 0 atom stereocenters. The fraction of sp³-hybridized carbons (Fsp3) is 0.333. The molecule has 0 aliphatic carbocycles. The first-order chi connectivity index (χ1) is 7.97. The highest BCUT2D eigenvalue weighted by Crippen LogP contribution is 2.13. The molecule has 1 aromatic heterocycles. The first-order valence-electron chi connectivity index (χ1n) is 4.98. The van der Waals surface area contributed by atoms with Crippen LogP contribution in [-0.4, -0.2) is 26.0 Å². The van der Waals surface area contributed by atoms with Crippen molar-refractivity contribution < 1.29 is 13.2 Å². The van der Waals surface area contributed by atoms with Crippen LogP contribution in [0.3, 0.4) is 0 Å². The van der Waals surface area contributed by atoms with Crippen molar-refractivity contribution in [1.82, 2.24) is 15.0 Å². The Bertz CT molecular complexity index is 501. The Hall–Kier alpha value is -1.83. The van der Waals surface area contributed by atoms with E-state index in [0.717, 1.165) is 0 Å². The van der Waals surface area contributed by atoms with E-state index in [4.69, 9.17) is 5.73 Å². The van der Waals surface area contributed by atoms with Crippen molar-refractivity contribution in [3.05, 3.63) is 18.3 Å². The first-order valence-corrected chi connectivity index (χ1v) is 6.47. The van der Waals surface area contributed by atoms with E-state index < -0.39 is 16.1 Å². The van der Waals surface area contributed by atoms with Gasteiger partial charge in [0, 0.05) is 12.7 Å². The topological polar surface area (TPSA) is 114 Å². The summed E-state index contributed by atoms with van der Waals surface area (Å²) in [7, 11) is -3.97. The van der Waals surface area contributed by atoms with Crippen LogP contribution in [0, 0.1) is 0 Å². The van der Waals surface area contributed by atoms with Gasteiger partial charge in [0.1, 0.15) is 10.7 Å². The van der Waals surface area contributed by atoms with Crippen molar-refractivity contribution in [3.63, 3.8) is 0 Å². The SMILES string of the molecule is CCCNC(=O)NS(=O)(=O)c1cccnc1N. The minimum absolute atomic E-state index is 0.150. The quantitative estimate of drug-likeness (QED) is 0.706. The molecule has 1 rings (SSSR count). The molecule has 0 bridgehead atoms. The summed E-state index contributed by atoms with van der Waals surface area (Å²) >= 11 is 0. The van der Waals surface area contributed by atoms with E-state index in [2.05, 4.69) is 10.3 Å². The molecule has 94 valence electrons. The largest absolute Gasteiger partial charge is 0.383 e. The Morgan fingerprint density at radius 1 is 1.53 bits per heavy atom. The Labute approximate surface area is 99.5 Å². The van der Waals surface area contributed by atoms with Crippen molar-refractivity contribution >= 4 is 21.9 Å². The minimum Gasteiger partial charge on any atom is -0.383 e. The molecular weight excluding hydrogens is 244 g/mol. The fourth-order valence-corrected chi connectivity index (χ4v) is 2.09. The normalized spacial score (nSPS) is 10.9. The Balaban J connectivity index is 2.83. The van der Waals surface area contributed by atoms with Crippen LogP contribution >= 0.6 is 0 Å². The number of urea groups is 1. The summed E-state index contributed by atoms with van der Waals surface area (Å²) in [6, 6.07) is 1.92. The fourth-order valence-electron chi connectivity index (χ4n) is 1.08. The number of nitrogens with two attached hydrogens (primary N) is 1. The van der Waals surface area contributed by atoms with Crippen LogP contribution in [0.2, 0.25) is 0 Å². The van der Waals surface area contributed by atoms with E-state index in [-0.39, 0.29) is 10.7 Å². The highest BCUT2D eigenvalue weighted by molar-refractivity contribution is 7.90. The minimum atomic E-state index is -3.97. The van der Waals surface area contributed by atoms with Crippen LogP contribution < -0.4 is 15.8 Å². The summed E-state index contributed by atoms with van der Waals surface area (Å²) in [5, 5.41) is 2.39. The van der Waals surface area contributed by atoms with E-state index in [1.165, 1.54) is 18.3 Å². The van der Waals surface area contributed by atoms with Gasteiger partial charge in [0.2, 0.25) is 0 Å². The van der Waals surface area contributed by atoms with Gasteiger partial charge in [-0.15, -0.1) is 0 Å². The molecular formula is C9H14N4O3S. The summed E-state index contributed by atoms with van der Waals surface area (Å²) in [5.74, 6) is -0.150. The molecule has 2 amide bonds. The number of hydrogen-bond acceptors (Lipinski definition) is 5. The molecule has 4 N–H and O–H groups in total. The van der Waals surface area contributed by atoms with Gasteiger partial charge < -0.3 is 11.1 Å². The summed E-state index contributed by atoms with van der Waals surface area (Å²) in [6.07, 6.45) is 2.08. The average Bonchev–Trinajstić information content (AvgIpc) is 2.26. The van der Waals surface area contributed by atoms with Gasteiger partial charge in [0.05, 0.1) is 0 Å². The van der Waals surface area contributed by atoms with Crippen LogP contribution in [0.5, 0.6) is 0 Å². The van der Waals surface area contributed by atoms with E-state index in [9.17, 15) is 13.2 Å². The highest BCUT2D eigenvalue weighted by atomic mass is 32.2. The Morgan fingerprint density at radius 2 is 2.24 bits per heavy atom. The number of sulfonamides is 1. The number of amides is 2. The zero-order valence-corrected chi connectivity index (χ0v) is 10.1. The number of rotatable bonds is 4. The van der Waals surface area contributed by atoms with Crippen LogP contribution in [0.15, 0.2) is 23.2 Å². The van der Waals surface area contributed by atoms with E-state index in [1.807, 2.05) is 11.6 Å². The van der Waals surface area contributed by atoms with Crippen LogP contribution in [0.25, 0.3) is 0 Å². The lowest BCUT2D eigenvalue weighted by Crippen LogP contribution is -2.39. The maximum absolute atomic E-state index is 11.7. The molecule has 0 radical (unpaired) electrons. The number of hydrogen-bond donors (Lipinski definition) is 3. The summed E-state index contributed by atoms with van der Waals surface area (Å²) in [5.41, 5.74) is 5.42. The standard InChI is InChI=1S/C9H14N4O3S/c1-2-5-12-9(14)13-17(15,16)7-4-3-6-11-8(7)10/h3-4,6H,2,5H2,1H3,(H2,10,11)(H2,12,13,14). The van der Waals surface area contributed by atoms with Gasteiger partial charge in [-0.25, -0.2) is 22.9 Å². The second kappa shape index (κ2) is 5.48. The van der Waals surface area contributed by atoms with Crippen molar-refractivity contribution in [2.45, 2.75) is 18.2 Å². The number of anilines is 1. The molecule has 0 saturated heterocycles. The molecule has 0 fully saturated rings. The molecule has 0 aromatic carbocycles. The molecule has 0 aliphatic heterocycles. The lowest BCUT2D eigenvalue weighted by Gasteiger charge is -2.08. The van der Waals surface area contributed by atoms with Gasteiger partial charge in [-0.05, 0) is 18.6 Å². The zero-order chi connectivity index (χ0) is 12.9. The predicted molar refractivity (Wildman–Crippen MR) is 62.7 cm³/mol. The molecule has 1 heterocycles. The summed E-state index contributed by atoms with van der Waals surface area (Å²) in [6.45, 7) is 2.25. The first kappa shape index (κ1) is 13.2. The molecule has 7 nitrogen and oxygen atoms in total. The molecule has 8 heteroatoms. The Kier molecular flexibility index (Phi) is 4.27. The number of carbonyl (C=O) groups is 1. The smallest absolute Gasteiger partial charge is 0.328 e. The van der Waals surface area contributed by atoms with E-state index in [0.29, 0.717) is 13.0 Å². The summed E-state index contributed by atoms with van der Waals surface area (Å²) in [4.78, 5) is 14.7. The van der Waals surface area contributed by atoms with Crippen molar-refractivity contribution in [1.29, 1.82) is 0 Å². The number of pyridine rings is 1. The molecule has 1 aromatic rings. The number of nitrogens with one attached hydrogen (secondary N) is 2. The maximum atomic E-state index is 11.7. The van der Waals surface area contributed by atoms with Gasteiger partial charge >= 0.3 is 6.03 Å². The third-order valence-corrected chi connectivity index (χ3v) is 3.23. The third kappa shape index (κ3) is 3.59. The second-order valence-corrected chi connectivity index (χ2v) is 4.90.